The molecule has 0 amide bonds. The lowest BCUT2D eigenvalue weighted by Crippen LogP contribution is -2.42. The third-order valence-corrected chi connectivity index (χ3v) is 5.90. The summed E-state index contributed by atoms with van der Waals surface area (Å²) in [5.41, 5.74) is 0. The number of nitrogens with zero attached hydrogens (tertiary/aromatic N) is 3. The van der Waals surface area contributed by atoms with Crippen LogP contribution in [0.15, 0.2) is 46.5 Å². The van der Waals surface area contributed by atoms with E-state index in [0.717, 1.165) is 9.21 Å². The van der Waals surface area contributed by atoms with Crippen LogP contribution in [0.3, 0.4) is 0 Å². The Kier molecular flexibility index (Phi) is 7.18. The summed E-state index contributed by atoms with van der Waals surface area (Å²) in [4.78, 5) is 11.2. The van der Waals surface area contributed by atoms with Crippen LogP contribution in [0.4, 0.5) is 0 Å². The highest BCUT2D eigenvalue weighted by Crippen LogP contribution is 2.22. The highest BCUT2D eigenvalue weighted by atomic mass is 35.5. The standard InChI is InChI=1S/C15H20ClN5O2S2/c1-17-15(21(2)11-12-5-6-14(16)24-12)19-8-9-20-25(22,23)13-4-3-7-18-10-13/h3-7,10,20H,8-9,11H2,1-2H3,(H,17,19). The van der Waals surface area contributed by atoms with Crippen LogP contribution in [0.5, 0.6) is 0 Å². The number of guanidine groups is 1. The van der Waals surface area contributed by atoms with Crippen LogP contribution in [0.2, 0.25) is 4.34 Å². The van der Waals surface area contributed by atoms with Crippen molar-refractivity contribution in [3.63, 3.8) is 0 Å². The van der Waals surface area contributed by atoms with Crippen molar-refractivity contribution in [2.75, 3.05) is 27.2 Å². The molecule has 0 fully saturated rings. The highest BCUT2D eigenvalue weighted by Gasteiger charge is 2.13. The lowest BCUT2D eigenvalue weighted by Gasteiger charge is -2.21. The summed E-state index contributed by atoms with van der Waals surface area (Å²) in [5, 5.41) is 3.13. The van der Waals surface area contributed by atoms with E-state index >= 15 is 0 Å². The summed E-state index contributed by atoms with van der Waals surface area (Å²) in [7, 11) is 0.0362. The van der Waals surface area contributed by atoms with E-state index in [1.54, 1.807) is 13.1 Å². The molecule has 0 spiro atoms. The molecule has 0 radical (unpaired) electrons. The largest absolute Gasteiger partial charge is 0.355 e. The van der Waals surface area contributed by atoms with Gasteiger partial charge < -0.3 is 10.2 Å². The summed E-state index contributed by atoms with van der Waals surface area (Å²) in [5.74, 6) is 0.671. The molecule has 2 rings (SSSR count). The van der Waals surface area contributed by atoms with Gasteiger partial charge in [-0.2, -0.15) is 0 Å². The molecule has 0 saturated carbocycles. The van der Waals surface area contributed by atoms with Crippen molar-refractivity contribution >= 4 is 38.9 Å². The Morgan fingerprint density at radius 1 is 1.36 bits per heavy atom. The molecule has 2 aromatic rings. The van der Waals surface area contributed by atoms with Gasteiger partial charge in [0.2, 0.25) is 10.0 Å². The number of thiophene rings is 1. The first-order valence-electron chi connectivity index (χ1n) is 7.48. The molecule has 0 atom stereocenters. The van der Waals surface area contributed by atoms with Gasteiger partial charge in [0.25, 0.3) is 0 Å². The van der Waals surface area contributed by atoms with E-state index in [0.29, 0.717) is 19.0 Å². The van der Waals surface area contributed by atoms with E-state index in [2.05, 4.69) is 20.0 Å². The Balaban J connectivity index is 1.81. The van der Waals surface area contributed by atoms with Gasteiger partial charge in [-0.3, -0.25) is 9.98 Å². The third kappa shape index (κ3) is 5.96. The predicted molar refractivity (Wildman–Crippen MR) is 102 cm³/mol. The van der Waals surface area contributed by atoms with Crippen molar-refractivity contribution in [3.05, 3.63) is 45.9 Å². The van der Waals surface area contributed by atoms with E-state index in [4.69, 9.17) is 11.6 Å². The second kappa shape index (κ2) is 9.14. The highest BCUT2D eigenvalue weighted by molar-refractivity contribution is 7.89. The normalized spacial score (nSPS) is 12.2. The van der Waals surface area contributed by atoms with Crippen molar-refractivity contribution in [2.45, 2.75) is 11.4 Å². The molecule has 0 aliphatic heterocycles. The molecule has 2 aromatic heterocycles. The number of halogens is 1. The Labute approximate surface area is 156 Å². The smallest absolute Gasteiger partial charge is 0.242 e. The molecule has 2 heterocycles. The molecule has 25 heavy (non-hydrogen) atoms. The van der Waals surface area contributed by atoms with Gasteiger partial charge in [-0.05, 0) is 24.3 Å². The molecule has 7 nitrogen and oxygen atoms in total. The fourth-order valence-corrected chi connectivity index (χ4v) is 4.22. The minimum Gasteiger partial charge on any atom is -0.355 e. The van der Waals surface area contributed by atoms with E-state index in [1.807, 2.05) is 24.1 Å². The Morgan fingerprint density at radius 2 is 2.16 bits per heavy atom. The topological polar surface area (TPSA) is 86.7 Å². The average molecular weight is 402 g/mol. The van der Waals surface area contributed by atoms with Crippen LogP contribution < -0.4 is 10.0 Å². The first-order chi connectivity index (χ1) is 11.9. The van der Waals surface area contributed by atoms with Crippen molar-refractivity contribution in [1.29, 1.82) is 0 Å². The Morgan fingerprint density at radius 3 is 2.76 bits per heavy atom. The molecule has 10 heteroatoms. The zero-order valence-electron chi connectivity index (χ0n) is 13.9. The molecular formula is C15H20ClN5O2S2. The SMILES string of the molecule is CN=C(NCCNS(=O)(=O)c1cccnc1)N(C)Cc1ccc(Cl)s1. The van der Waals surface area contributed by atoms with E-state index < -0.39 is 10.0 Å². The minimum absolute atomic E-state index is 0.145. The maximum absolute atomic E-state index is 12.1. The quantitative estimate of drug-likeness (QED) is 0.419. The second-order valence-corrected chi connectivity index (χ2v) is 8.69. The molecule has 0 bridgehead atoms. The maximum atomic E-state index is 12.1. The van der Waals surface area contributed by atoms with Gasteiger partial charge in [0.15, 0.2) is 5.96 Å². The number of nitrogens with one attached hydrogen (secondary N) is 2. The van der Waals surface area contributed by atoms with Crippen LogP contribution in [0.1, 0.15) is 4.88 Å². The Bertz CT molecular complexity index is 808. The number of pyridine rings is 1. The van der Waals surface area contributed by atoms with Crippen molar-refractivity contribution in [3.8, 4) is 0 Å². The van der Waals surface area contributed by atoms with Crippen LogP contribution in [0.25, 0.3) is 0 Å². The van der Waals surface area contributed by atoms with E-state index in [-0.39, 0.29) is 11.4 Å². The maximum Gasteiger partial charge on any atom is 0.242 e. The molecule has 0 aromatic carbocycles. The molecule has 2 N–H and O–H groups in total. The van der Waals surface area contributed by atoms with E-state index in [9.17, 15) is 8.42 Å². The first kappa shape index (κ1) is 19.6. The lowest BCUT2D eigenvalue weighted by molar-refractivity contribution is 0.481. The van der Waals surface area contributed by atoms with Crippen LogP contribution >= 0.6 is 22.9 Å². The molecule has 0 aliphatic rings. The van der Waals surface area contributed by atoms with Crippen molar-refractivity contribution < 1.29 is 8.42 Å². The number of hydrogen-bond acceptors (Lipinski definition) is 5. The third-order valence-electron chi connectivity index (χ3n) is 3.24. The van der Waals surface area contributed by atoms with Crippen LogP contribution in [-0.4, -0.2) is 51.4 Å². The monoisotopic (exact) mass is 401 g/mol. The summed E-state index contributed by atoms with van der Waals surface area (Å²) in [6, 6.07) is 6.92. The summed E-state index contributed by atoms with van der Waals surface area (Å²) in [6.07, 6.45) is 2.84. The number of sulfonamides is 1. The summed E-state index contributed by atoms with van der Waals surface area (Å²) >= 11 is 7.45. The number of aromatic nitrogens is 1. The fraction of sp³-hybridized carbons (Fsp3) is 0.333. The van der Waals surface area contributed by atoms with Gasteiger partial charge in [-0.25, -0.2) is 13.1 Å². The Hall–Kier alpha value is -1.68. The lowest BCUT2D eigenvalue weighted by atomic mass is 10.4. The molecule has 0 unspecified atom stereocenters. The van der Waals surface area contributed by atoms with Gasteiger partial charge in [0.05, 0.1) is 10.9 Å². The van der Waals surface area contributed by atoms with Gasteiger partial charge in [0.1, 0.15) is 4.90 Å². The molecular weight excluding hydrogens is 382 g/mol. The predicted octanol–water partition coefficient (Wildman–Crippen LogP) is 1.78. The summed E-state index contributed by atoms with van der Waals surface area (Å²) < 4.78 is 27.5. The number of aliphatic imine (C=N–C) groups is 1. The zero-order valence-corrected chi connectivity index (χ0v) is 16.3. The number of hydrogen-bond donors (Lipinski definition) is 2. The first-order valence-corrected chi connectivity index (χ1v) is 10.2. The van der Waals surface area contributed by atoms with Gasteiger partial charge >= 0.3 is 0 Å². The van der Waals surface area contributed by atoms with Gasteiger partial charge in [0, 0.05) is 44.5 Å². The fourth-order valence-electron chi connectivity index (χ4n) is 2.08. The van der Waals surface area contributed by atoms with E-state index in [1.165, 1.54) is 29.8 Å². The van der Waals surface area contributed by atoms with Crippen LogP contribution in [-0.2, 0) is 16.6 Å². The molecule has 0 aliphatic carbocycles. The average Bonchev–Trinajstić information content (AvgIpc) is 3.00. The minimum atomic E-state index is -3.55. The van der Waals surface area contributed by atoms with Gasteiger partial charge in [-0.15, -0.1) is 11.3 Å². The van der Waals surface area contributed by atoms with Crippen molar-refractivity contribution in [1.82, 2.24) is 19.9 Å². The van der Waals surface area contributed by atoms with Gasteiger partial charge in [-0.1, -0.05) is 11.6 Å². The molecule has 0 saturated heterocycles. The zero-order chi connectivity index (χ0) is 18.3. The molecule has 136 valence electrons. The number of rotatable bonds is 7. The van der Waals surface area contributed by atoms with Crippen molar-refractivity contribution in [2.24, 2.45) is 4.99 Å². The second-order valence-electron chi connectivity index (χ2n) is 5.12. The summed E-state index contributed by atoms with van der Waals surface area (Å²) in [6.45, 7) is 1.30. The van der Waals surface area contributed by atoms with Crippen LogP contribution in [0, 0.1) is 0 Å².